The summed E-state index contributed by atoms with van der Waals surface area (Å²) in [6.45, 7) is 0. The third-order valence-corrected chi connectivity index (χ3v) is 1.54. The van der Waals surface area contributed by atoms with Crippen molar-refractivity contribution in [2.75, 3.05) is 0 Å². The second kappa shape index (κ2) is 2.95. The molecule has 0 aliphatic rings. The molecule has 0 unspecified atom stereocenters. The van der Waals surface area contributed by atoms with Crippen molar-refractivity contribution in [2.24, 2.45) is 7.05 Å². The van der Waals surface area contributed by atoms with Crippen molar-refractivity contribution in [1.29, 1.82) is 0 Å². The molecule has 0 bridgehead atoms. The van der Waals surface area contributed by atoms with Gasteiger partial charge in [0.05, 0.1) is 6.33 Å². The number of rotatable bonds is 2. The minimum atomic E-state index is -1.23. The SMILES string of the molecule is Cn1cnc(-c2nc(C(=O)O)no2)c1. The van der Waals surface area contributed by atoms with Gasteiger partial charge in [0.25, 0.3) is 11.7 Å². The van der Waals surface area contributed by atoms with Crippen molar-refractivity contribution in [2.45, 2.75) is 0 Å². The number of nitrogens with zero attached hydrogens (tertiary/aromatic N) is 4. The standard InChI is InChI=1S/C7H6N4O3/c1-11-2-4(8-3-11)6-9-5(7(12)13)10-14-6/h2-3H,1H3,(H,12,13). The van der Waals surface area contributed by atoms with Gasteiger partial charge in [-0.15, -0.1) is 0 Å². The Kier molecular flexibility index (Phi) is 1.77. The summed E-state index contributed by atoms with van der Waals surface area (Å²) in [6, 6.07) is 0. The topological polar surface area (TPSA) is 94.0 Å². The van der Waals surface area contributed by atoms with Crippen molar-refractivity contribution < 1.29 is 14.4 Å². The molecule has 1 N–H and O–H groups in total. The molecule has 0 aromatic carbocycles. The van der Waals surface area contributed by atoms with Gasteiger partial charge in [0.15, 0.2) is 0 Å². The Labute approximate surface area is 78.0 Å². The summed E-state index contributed by atoms with van der Waals surface area (Å²) < 4.78 is 6.40. The number of hydrogen-bond donors (Lipinski definition) is 1. The van der Waals surface area contributed by atoms with Crippen LogP contribution in [0, 0.1) is 0 Å². The van der Waals surface area contributed by atoms with Crippen LogP contribution in [0.3, 0.4) is 0 Å². The maximum atomic E-state index is 10.4. The summed E-state index contributed by atoms with van der Waals surface area (Å²) in [7, 11) is 1.78. The monoisotopic (exact) mass is 194 g/mol. The molecule has 0 amide bonds. The van der Waals surface area contributed by atoms with Gasteiger partial charge in [-0.25, -0.2) is 9.78 Å². The minimum Gasteiger partial charge on any atom is -0.475 e. The van der Waals surface area contributed by atoms with Gasteiger partial charge < -0.3 is 14.2 Å². The molecular formula is C7H6N4O3. The zero-order valence-electron chi connectivity index (χ0n) is 7.21. The molecule has 7 heteroatoms. The van der Waals surface area contributed by atoms with Crippen LogP contribution in [-0.2, 0) is 7.05 Å². The van der Waals surface area contributed by atoms with E-state index in [2.05, 4.69) is 15.1 Å². The number of aromatic nitrogens is 4. The highest BCUT2D eigenvalue weighted by Gasteiger charge is 2.15. The number of imidazole rings is 1. The lowest BCUT2D eigenvalue weighted by atomic mass is 10.5. The molecule has 0 saturated heterocycles. The molecule has 0 aliphatic heterocycles. The maximum absolute atomic E-state index is 10.4. The van der Waals surface area contributed by atoms with E-state index in [1.54, 1.807) is 24.1 Å². The normalized spacial score (nSPS) is 10.4. The van der Waals surface area contributed by atoms with Crippen LogP contribution in [-0.4, -0.2) is 30.8 Å². The van der Waals surface area contributed by atoms with Crippen LogP contribution in [0.15, 0.2) is 17.0 Å². The van der Waals surface area contributed by atoms with Gasteiger partial charge in [-0.2, -0.15) is 4.98 Å². The Morgan fingerprint density at radius 1 is 1.64 bits per heavy atom. The quantitative estimate of drug-likeness (QED) is 0.732. The fourth-order valence-electron chi connectivity index (χ4n) is 0.938. The Hall–Kier alpha value is -2.18. The van der Waals surface area contributed by atoms with Crippen molar-refractivity contribution in [1.82, 2.24) is 19.7 Å². The summed E-state index contributed by atoms with van der Waals surface area (Å²) in [6.07, 6.45) is 3.21. The number of carbonyl (C=O) groups is 1. The molecular weight excluding hydrogens is 188 g/mol. The van der Waals surface area contributed by atoms with Crippen LogP contribution >= 0.6 is 0 Å². The highest BCUT2D eigenvalue weighted by atomic mass is 16.5. The van der Waals surface area contributed by atoms with Gasteiger partial charge in [0, 0.05) is 13.2 Å². The van der Waals surface area contributed by atoms with Crippen LogP contribution in [0.2, 0.25) is 0 Å². The van der Waals surface area contributed by atoms with Crippen LogP contribution in [0.25, 0.3) is 11.6 Å². The molecule has 0 fully saturated rings. The summed E-state index contributed by atoms with van der Waals surface area (Å²) in [5.41, 5.74) is 0.451. The van der Waals surface area contributed by atoms with E-state index in [-0.39, 0.29) is 11.7 Å². The highest BCUT2D eigenvalue weighted by molar-refractivity contribution is 5.83. The lowest BCUT2D eigenvalue weighted by molar-refractivity contribution is 0.0680. The average Bonchev–Trinajstić information content (AvgIpc) is 2.70. The molecule has 14 heavy (non-hydrogen) atoms. The number of carboxylic acid groups (broad SMARTS) is 1. The molecule has 0 radical (unpaired) electrons. The van der Waals surface area contributed by atoms with E-state index in [1.807, 2.05) is 0 Å². The molecule has 0 aliphatic carbocycles. The lowest BCUT2D eigenvalue weighted by Gasteiger charge is -1.82. The van der Waals surface area contributed by atoms with E-state index in [9.17, 15) is 4.79 Å². The first-order valence-corrected chi connectivity index (χ1v) is 3.72. The minimum absolute atomic E-state index is 0.100. The molecule has 2 rings (SSSR count). The summed E-state index contributed by atoms with van der Waals surface area (Å²) in [5, 5.41) is 11.8. The lowest BCUT2D eigenvalue weighted by Crippen LogP contribution is -1.98. The summed E-state index contributed by atoms with van der Waals surface area (Å²) >= 11 is 0. The van der Waals surface area contributed by atoms with Gasteiger partial charge in [-0.05, 0) is 5.16 Å². The van der Waals surface area contributed by atoms with E-state index in [0.29, 0.717) is 5.69 Å². The van der Waals surface area contributed by atoms with E-state index in [0.717, 1.165) is 0 Å². The van der Waals surface area contributed by atoms with Gasteiger partial charge in [-0.1, -0.05) is 0 Å². The number of aryl methyl sites for hydroxylation is 1. The second-order valence-electron chi connectivity index (χ2n) is 2.65. The van der Waals surface area contributed by atoms with Crippen molar-refractivity contribution in [3.63, 3.8) is 0 Å². The van der Waals surface area contributed by atoms with Gasteiger partial charge in [0.2, 0.25) is 0 Å². The molecule has 7 nitrogen and oxygen atoms in total. The van der Waals surface area contributed by atoms with Crippen LogP contribution in [0.5, 0.6) is 0 Å². The van der Waals surface area contributed by atoms with Crippen molar-refractivity contribution in [3.05, 3.63) is 18.3 Å². The first kappa shape index (κ1) is 8.42. The molecule has 0 atom stereocenters. The van der Waals surface area contributed by atoms with Crippen molar-refractivity contribution in [3.8, 4) is 11.6 Å². The third-order valence-electron chi connectivity index (χ3n) is 1.54. The molecule has 2 heterocycles. The van der Waals surface area contributed by atoms with Gasteiger partial charge in [-0.3, -0.25) is 0 Å². The molecule has 72 valence electrons. The van der Waals surface area contributed by atoms with Crippen LogP contribution in [0.4, 0.5) is 0 Å². The fourth-order valence-corrected chi connectivity index (χ4v) is 0.938. The molecule has 0 spiro atoms. The number of carboxylic acids is 1. The van der Waals surface area contributed by atoms with E-state index in [1.165, 1.54) is 0 Å². The highest BCUT2D eigenvalue weighted by Crippen LogP contribution is 2.13. The molecule has 2 aromatic rings. The largest absolute Gasteiger partial charge is 0.475 e. The number of hydrogen-bond acceptors (Lipinski definition) is 5. The van der Waals surface area contributed by atoms with E-state index in [4.69, 9.17) is 9.63 Å². The van der Waals surface area contributed by atoms with Crippen molar-refractivity contribution >= 4 is 5.97 Å². The van der Waals surface area contributed by atoms with Crippen LogP contribution in [0.1, 0.15) is 10.6 Å². The predicted molar refractivity (Wildman–Crippen MR) is 43.5 cm³/mol. The maximum Gasteiger partial charge on any atom is 0.377 e. The van der Waals surface area contributed by atoms with E-state index >= 15 is 0 Å². The first-order chi connectivity index (χ1) is 6.66. The summed E-state index contributed by atoms with van der Waals surface area (Å²) in [5.74, 6) is -1.50. The molecule has 0 saturated carbocycles. The fraction of sp³-hybridized carbons (Fsp3) is 0.143. The Morgan fingerprint density at radius 2 is 2.43 bits per heavy atom. The van der Waals surface area contributed by atoms with Gasteiger partial charge >= 0.3 is 5.97 Å². The second-order valence-corrected chi connectivity index (χ2v) is 2.65. The zero-order valence-corrected chi connectivity index (χ0v) is 7.21. The molecule has 2 aromatic heterocycles. The predicted octanol–water partition coefficient (Wildman–Crippen LogP) is 0.168. The van der Waals surface area contributed by atoms with Crippen LogP contribution < -0.4 is 0 Å². The third kappa shape index (κ3) is 1.35. The smallest absolute Gasteiger partial charge is 0.377 e. The van der Waals surface area contributed by atoms with E-state index < -0.39 is 5.97 Å². The Morgan fingerprint density at radius 3 is 2.93 bits per heavy atom. The number of aromatic carboxylic acids is 1. The summed E-state index contributed by atoms with van der Waals surface area (Å²) in [4.78, 5) is 18.0. The Balaban J connectivity index is 2.38. The first-order valence-electron chi connectivity index (χ1n) is 3.72. The average molecular weight is 194 g/mol. The zero-order chi connectivity index (χ0) is 10.1. The van der Waals surface area contributed by atoms with Gasteiger partial charge in [0.1, 0.15) is 5.69 Å². The Bertz CT molecular complexity index is 473.